The van der Waals surface area contributed by atoms with E-state index in [4.69, 9.17) is 4.74 Å². The van der Waals surface area contributed by atoms with E-state index in [-0.39, 0.29) is 18.0 Å². The van der Waals surface area contributed by atoms with Gasteiger partial charge in [-0.05, 0) is 32.1 Å². The average Bonchev–Trinajstić information content (AvgIpc) is 2.59. The lowest BCUT2D eigenvalue weighted by molar-refractivity contribution is -0.146. The summed E-state index contributed by atoms with van der Waals surface area (Å²) in [5, 5.41) is 0. The summed E-state index contributed by atoms with van der Waals surface area (Å²) in [6.45, 7) is 3.69. The van der Waals surface area contributed by atoms with Crippen LogP contribution in [0.4, 0.5) is 0 Å². The van der Waals surface area contributed by atoms with Crippen molar-refractivity contribution in [3.63, 3.8) is 0 Å². The summed E-state index contributed by atoms with van der Waals surface area (Å²) in [6, 6.07) is 0. The van der Waals surface area contributed by atoms with Gasteiger partial charge >= 0.3 is 11.9 Å². The van der Waals surface area contributed by atoms with Crippen LogP contribution in [0.2, 0.25) is 0 Å². The number of esters is 2. The Labute approximate surface area is 154 Å². The predicted octanol–water partition coefficient (Wildman–Crippen LogP) is 5.74. The Morgan fingerprint density at radius 3 is 2.28 bits per heavy atom. The highest BCUT2D eigenvalue weighted by atomic mass is 16.5. The van der Waals surface area contributed by atoms with E-state index >= 15 is 0 Å². The lowest BCUT2D eigenvalue weighted by Gasteiger charge is -2.15. The van der Waals surface area contributed by atoms with E-state index < -0.39 is 0 Å². The van der Waals surface area contributed by atoms with Crippen molar-refractivity contribution < 1.29 is 19.1 Å². The summed E-state index contributed by atoms with van der Waals surface area (Å²) in [6.07, 6.45) is 18.1. The first-order valence-electron chi connectivity index (χ1n) is 9.99. The van der Waals surface area contributed by atoms with Crippen molar-refractivity contribution in [2.75, 3.05) is 7.11 Å². The maximum Gasteiger partial charge on any atom is 0.305 e. The van der Waals surface area contributed by atoms with E-state index in [1.54, 1.807) is 0 Å². The van der Waals surface area contributed by atoms with Crippen molar-refractivity contribution in [3.05, 3.63) is 12.2 Å². The van der Waals surface area contributed by atoms with Gasteiger partial charge in [0.25, 0.3) is 0 Å². The summed E-state index contributed by atoms with van der Waals surface area (Å²) >= 11 is 0. The van der Waals surface area contributed by atoms with Gasteiger partial charge in [0.15, 0.2) is 0 Å². The zero-order valence-electron chi connectivity index (χ0n) is 16.6. The molecule has 4 heteroatoms. The van der Waals surface area contributed by atoms with E-state index in [1.807, 2.05) is 0 Å². The standard InChI is InChI=1S/C21H38O4/c1-4-5-6-13-16-20(25-19(2)22)17-14-11-9-7-8-10-12-15-18-21(23)24-3/h11,14,20H,4-10,12-13,15-18H2,1-3H3/b14-11+/t20-/m0/s1. The number of hydrogen-bond donors (Lipinski definition) is 0. The molecule has 0 saturated carbocycles. The number of hydrogen-bond acceptors (Lipinski definition) is 4. The van der Waals surface area contributed by atoms with Gasteiger partial charge in [0.05, 0.1) is 7.11 Å². The predicted molar refractivity (Wildman–Crippen MR) is 102 cm³/mol. The quantitative estimate of drug-likeness (QED) is 0.201. The average molecular weight is 355 g/mol. The van der Waals surface area contributed by atoms with Crippen LogP contribution in [0, 0.1) is 0 Å². The molecule has 25 heavy (non-hydrogen) atoms. The first kappa shape index (κ1) is 23.7. The highest BCUT2D eigenvalue weighted by molar-refractivity contribution is 5.68. The molecule has 0 rings (SSSR count). The minimum Gasteiger partial charge on any atom is -0.469 e. The number of unbranched alkanes of at least 4 members (excludes halogenated alkanes) is 8. The molecule has 0 radical (unpaired) electrons. The third-order valence-corrected chi connectivity index (χ3v) is 4.26. The fourth-order valence-electron chi connectivity index (χ4n) is 2.79. The Morgan fingerprint density at radius 1 is 0.920 bits per heavy atom. The number of rotatable bonds is 16. The molecule has 0 N–H and O–H groups in total. The molecule has 0 unspecified atom stereocenters. The van der Waals surface area contributed by atoms with Crippen LogP contribution in [0.5, 0.6) is 0 Å². The Morgan fingerprint density at radius 2 is 1.60 bits per heavy atom. The molecule has 0 aromatic rings. The third kappa shape index (κ3) is 17.3. The fourth-order valence-corrected chi connectivity index (χ4v) is 2.79. The molecule has 0 saturated heterocycles. The maximum absolute atomic E-state index is 11.2. The maximum atomic E-state index is 11.2. The van der Waals surface area contributed by atoms with E-state index in [9.17, 15) is 9.59 Å². The fraction of sp³-hybridized carbons (Fsp3) is 0.810. The molecule has 0 aliphatic heterocycles. The minimum atomic E-state index is -0.180. The molecular formula is C21H38O4. The summed E-state index contributed by atoms with van der Waals surface area (Å²) < 4.78 is 10.0. The van der Waals surface area contributed by atoms with E-state index in [0.717, 1.165) is 38.5 Å². The normalized spacial score (nSPS) is 12.3. The van der Waals surface area contributed by atoms with Crippen molar-refractivity contribution in [1.29, 1.82) is 0 Å². The van der Waals surface area contributed by atoms with Crippen molar-refractivity contribution in [2.24, 2.45) is 0 Å². The van der Waals surface area contributed by atoms with Gasteiger partial charge in [-0.2, -0.15) is 0 Å². The largest absolute Gasteiger partial charge is 0.469 e. The van der Waals surface area contributed by atoms with Gasteiger partial charge in [0.1, 0.15) is 6.10 Å². The highest BCUT2D eigenvalue weighted by Crippen LogP contribution is 2.13. The summed E-state index contributed by atoms with van der Waals surface area (Å²) in [5.74, 6) is -0.291. The molecule has 1 atom stereocenters. The molecule has 0 aromatic carbocycles. The van der Waals surface area contributed by atoms with Crippen molar-refractivity contribution in [3.8, 4) is 0 Å². The molecule has 0 bridgehead atoms. The van der Waals surface area contributed by atoms with Gasteiger partial charge in [0, 0.05) is 19.8 Å². The lowest BCUT2D eigenvalue weighted by atomic mass is 10.1. The monoisotopic (exact) mass is 354 g/mol. The molecule has 0 aliphatic carbocycles. The summed E-state index contributed by atoms with van der Waals surface area (Å²) in [7, 11) is 1.44. The van der Waals surface area contributed by atoms with Gasteiger partial charge in [0.2, 0.25) is 0 Å². The molecule has 0 aliphatic rings. The second kappa shape index (κ2) is 17.5. The molecule has 146 valence electrons. The molecule has 0 fully saturated rings. The number of carbonyl (C=O) groups is 2. The van der Waals surface area contributed by atoms with Gasteiger partial charge in [-0.25, -0.2) is 0 Å². The van der Waals surface area contributed by atoms with E-state index in [0.29, 0.717) is 6.42 Å². The van der Waals surface area contributed by atoms with E-state index in [2.05, 4.69) is 23.8 Å². The van der Waals surface area contributed by atoms with Crippen LogP contribution < -0.4 is 0 Å². The van der Waals surface area contributed by atoms with Crippen LogP contribution >= 0.6 is 0 Å². The molecule has 0 heterocycles. The number of ether oxygens (including phenoxy) is 2. The van der Waals surface area contributed by atoms with Gasteiger partial charge in [-0.15, -0.1) is 0 Å². The van der Waals surface area contributed by atoms with Crippen molar-refractivity contribution in [2.45, 2.75) is 103 Å². The lowest BCUT2D eigenvalue weighted by Crippen LogP contribution is -2.15. The zero-order chi connectivity index (χ0) is 18.8. The van der Waals surface area contributed by atoms with Crippen LogP contribution in [-0.2, 0) is 19.1 Å². The third-order valence-electron chi connectivity index (χ3n) is 4.26. The van der Waals surface area contributed by atoms with Crippen LogP contribution in [0.1, 0.15) is 97.3 Å². The van der Waals surface area contributed by atoms with Crippen molar-refractivity contribution >= 4 is 11.9 Å². The smallest absolute Gasteiger partial charge is 0.305 e. The minimum absolute atomic E-state index is 0.0314. The molecule has 0 amide bonds. The summed E-state index contributed by atoms with van der Waals surface area (Å²) in [4.78, 5) is 22.2. The number of methoxy groups -OCH3 is 1. The highest BCUT2D eigenvalue weighted by Gasteiger charge is 2.09. The molecule has 0 aromatic heterocycles. The first-order chi connectivity index (χ1) is 12.1. The van der Waals surface area contributed by atoms with Crippen molar-refractivity contribution in [1.82, 2.24) is 0 Å². The second-order valence-electron chi connectivity index (χ2n) is 6.67. The molecule has 0 spiro atoms. The Balaban J connectivity index is 3.68. The first-order valence-corrected chi connectivity index (χ1v) is 9.99. The SMILES string of the molecule is CCCCCC[C@@H](C/C=C/CCCCCCCC(=O)OC)OC(C)=O. The van der Waals surface area contributed by atoms with Crippen LogP contribution in [0.25, 0.3) is 0 Å². The van der Waals surface area contributed by atoms with Gasteiger partial charge < -0.3 is 9.47 Å². The topological polar surface area (TPSA) is 52.6 Å². The Kier molecular flexibility index (Phi) is 16.6. The number of carbonyl (C=O) groups excluding carboxylic acids is 2. The Bertz CT molecular complexity index is 363. The van der Waals surface area contributed by atoms with Gasteiger partial charge in [-0.1, -0.05) is 57.6 Å². The van der Waals surface area contributed by atoms with Crippen LogP contribution in [0.15, 0.2) is 12.2 Å². The molecular weight excluding hydrogens is 316 g/mol. The number of allylic oxidation sites excluding steroid dienone is 1. The zero-order valence-corrected chi connectivity index (χ0v) is 16.6. The summed E-state index contributed by atoms with van der Waals surface area (Å²) in [5.41, 5.74) is 0. The molecule has 4 nitrogen and oxygen atoms in total. The van der Waals surface area contributed by atoms with Gasteiger partial charge in [-0.3, -0.25) is 9.59 Å². The van der Waals surface area contributed by atoms with E-state index in [1.165, 1.54) is 52.6 Å². The van der Waals surface area contributed by atoms with Crippen LogP contribution in [0.3, 0.4) is 0 Å². The van der Waals surface area contributed by atoms with Crippen LogP contribution in [-0.4, -0.2) is 25.2 Å². The Hall–Kier alpha value is -1.32. The second-order valence-corrected chi connectivity index (χ2v) is 6.67.